The minimum atomic E-state index is -0.428. The summed E-state index contributed by atoms with van der Waals surface area (Å²) >= 11 is 0. The lowest BCUT2D eigenvalue weighted by Gasteiger charge is -2.14. The van der Waals surface area contributed by atoms with Crippen molar-refractivity contribution in [2.75, 3.05) is 19.6 Å². The van der Waals surface area contributed by atoms with E-state index >= 15 is 0 Å². The maximum atomic E-state index is 11.8. The molecule has 1 saturated heterocycles. The molecule has 0 saturated carbocycles. The molecule has 1 unspecified atom stereocenters. The van der Waals surface area contributed by atoms with Crippen molar-refractivity contribution in [3.63, 3.8) is 0 Å². The molecule has 0 aromatic heterocycles. The van der Waals surface area contributed by atoms with E-state index in [0.29, 0.717) is 19.6 Å². The quantitative estimate of drug-likeness (QED) is 0.474. The minimum absolute atomic E-state index is 0.103. The van der Waals surface area contributed by atoms with Gasteiger partial charge < -0.3 is 10.6 Å². The van der Waals surface area contributed by atoms with Gasteiger partial charge >= 0.3 is 0 Å². The van der Waals surface area contributed by atoms with Gasteiger partial charge in [0, 0.05) is 26.6 Å². The first-order valence-electron chi connectivity index (χ1n) is 5.88. The second-order valence-corrected chi connectivity index (χ2v) is 4.08. The first kappa shape index (κ1) is 13.6. The predicted octanol–water partition coefficient (Wildman–Crippen LogP) is -0.750. The van der Waals surface area contributed by atoms with Crippen LogP contribution in [0, 0.1) is 0 Å². The van der Waals surface area contributed by atoms with Gasteiger partial charge in [0.15, 0.2) is 0 Å². The van der Waals surface area contributed by atoms with Gasteiger partial charge in [0.1, 0.15) is 0 Å². The Morgan fingerprint density at radius 1 is 1.41 bits per heavy atom. The van der Waals surface area contributed by atoms with Crippen LogP contribution in [0.3, 0.4) is 0 Å². The molecule has 0 spiro atoms. The van der Waals surface area contributed by atoms with Crippen LogP contribution in [0.2, 0.25) is 0 Å². The van der Waals surface area contributed by atoms with Gasteiger partial charge in [-0.05, 0) is 6.42 Å². The van der Waals surface area contributed by atoms with Crippen molar-refractivity contribution in [2.24, 2.45) is 0 Å². The third-order valence-corrected chi connectivity index (χ3v) is 2.58. The Balaban J connectivity index is 2.33. The average Bonchev–Trinajstić information content (AvgIpc) is 2.52. The predicted molar refractivity (Wildman–Crippen MR) is 62.1 cm³/mol. The molecule has 96 valence electrons. The smallest absolute Gasteiger partial charge is 0.246 e. The molecule has 6 heteroatoms. The highest BCUT2D eigenvalue weighted by Crippen LogP contribution is 2.12. The van der Waals surface area contributed by atoms with Crippen LogP contribution in [0.5, 0.6) is 0 Å². The van der Waals surface area contributed by atoms with E-state index in [4.69, 9.17) is 0 Å². The molecule has 0 aromatic carbocycles. The first-order valence-corrected chi connectivity index (χ1v) is 5.88. The minimum Gasteiger partial charge on any atom is -0.355 e. The molecule has 3 amide bonds. The van der Waals surface area contributed by atoms with E-state index in [2.05, 4.69) is 10.6 Å². The Kier molecular flexibility index (Phi) is 5.09. The maximum absolute atomic E-state index is 11.8. The lowest BCUT2D eigenvalue weighted by Crippen LogP contribution is -2.42. The molecule has 1 aliphatic heterocycles. The normalized spacial score (nSPS) is 19.9. The Labute approximate surface area is 101 Å². The number of nitrogens with one attached hydrogen (secondary N) is 2. The van der Waals surface area contributed by atoms with Crippen molar-refractivity contribution < 1.29 is 14.4 Å². The summed E-state index contributed by atoms with van der Waals surface area (Å²) in [5, 5.41) is 5.60. The Bertz CT molecular complexity index is 317. The van der Waals surface area contributed by atoms with Crippen LogP contribution in [-0.2, 0) is 14.4 Å². The second-order valence-electron chi connectivity index (χ2n) is 4.08. The van der Waals surface area contributed by atoms with Crippen LogP contribution in [0.25, 0.3) is 0 Å². The summed E-state index contributed by atoms with van der Waals surface area (Å²) in [6.07, 6.45) is 0.995. The van der Waals surface area contributed by atoms with Crippen molar-refractivity contribution in [1.82, 2.24) is 15.5 Å². The molecule has 0 aliphatic carbocycles. The van der Waals surface area contributed by atoms with Crippen LogP contribution in [-0.4, -0.2) is 48.3 Å². The summed E-state index contributed by atoms with van der Waals surface area (Å²) in [4.78, 5) is 35.2. The standard InChI is InChI=1S/C11H19N3O3/c1-3-6-14-10(16)7-9(11(14)17)13-5-4-12-8(2)15/h9,13H,3-7H2,1-2H3,(H,12,15). The monoisotopic (exact) mass is 241 g/mol. The van der Waals surface area contributed by atoms with Crippen LogP contribution in [0.15, 0.2) is 0 Å². The number of hydrogen-bond acceptors (Lipinski definition) is 4. The number of hydrogen-bond donors (Lipinski definition) is 2. The molecule has 0 aromatic rings. The largest absolute Gasteiger partial charge is 0.355 e. The number of nitrogens with zero attached hydrogens (tertiary/aromatic N) is 1. The third-order valence-electron chi connectivity index (χ3n) is 2.58. The van der Waals surface area contributed by atoms with E-state index in [1.165, 1.54) is 11.8 Å². The number of carbonyl (C=O) groups excluding carboxylic acids is 3. The van der Waals surface area contributed by atoms with Crippen molar-refractivity contribution in [3.8, 4) is 0 Å². The summed E-state index contributed by atoms with van der Waals surface area (Å²) in [6, 6.07) is -0.428. The summed E-state index contributed by atoms with van der Waals surface area (Å²) in [7, 11) is 0. The molecule has 1 fully saturated rings. The van der Waals surface area contributed by atoms with Gasteiger partial charge in [0.25, 0.3) is 0 Å². The SMILES string of the molecule is CCCN1C(=O)CC(NCCNC(C)=O)C1=O. The van der Waals surface area contributed by atoms with Gasteiger partial charge in [-0.25, -0.2) is 0 Å². The first-order chi connectivity index (χ1) is 8.06. The zero-order valence-corrected chi connectivity index (χ0v) is 10.3. The highest BCUT2D eigenvalue weighted by molar-refractivity contribution is 6.05. The van der Waals surface area contributed by atoms with Gasteiger partial charge in [-0.3, -0.25) is 19.3 Å². The Hall–Kier alpha value is -1.43. The number of likely N-dealkylation sites (tertiary alicyclic amines) is 1. The molecule has 0 bridgehead atoms. The summed E-state index contributed by atoms with van der Waals surface area (Å²) in [5.41, 5.74) is 0. The van der Waals surface area contributed by atoms with Crippen LogP contribution >= 0.6 is 0 Å². The van der Waals surface area contributed by atoms with Gasteiger partial charge in [-0.2, -0.15) is 0 Å². The Morgan fingerprint density at radius 2 is 2.12 bits per heavy atom. The highest BCUT2D eigenvalue weighted by atomic mass is 16.2. The zero-order chi connectivity index (χ0) is 12.8. The maximum Gasteiger partial charge on any atom is 0.246 e. The molecule has 2 N–H and O–H groups in total. The van der Waals surface area contributed by atoms with Gasteiger partial charge in [-0.1, -0.05) is 6.92 Å². The van der Waals surface area contributed by atoms with Gasteiger partial charge in [0.2, 0.25) is 17.7 Å². The van der Waals surface area contributed by atoms with Crippen molar-refractivity contribution in [2.45, 2.75) is 32.7 Å². The average molecular weight is 241 g/mol. The van der Waals surface area contributed by atoms with Gasteiger partial charge in [-0.15, -0.1) is 0 Å². The number of amides is 3. The molecule has 1 heterocycles. The van der Waals surface area contributed by atoms with Gasteiger partial charge in [0.05, 0.1) is 12.5 Å². The van der Waals surface area contributed by atoms with E-state index in [-0.39, 0.29) is 24.1 Å². The fraction of sp³-hybridized carbons (Fsp3) is 0.727. The van der Waals surface area contributed by atoms with E-state index in [1.54, 1.807) is 0 Å². The summed E-state index contributed by atoms with van der Waals surface area (Å²) < 4.78 is 0. The molecular formula is C11H19N3O3. The molecule has 0 radical (unpaired) electrons. The fourth-order valence-corrected chi connectivity index (χ4v) is 1.79. The molecular weight excluding hydrogens is 222 g/mol. The number of imide groups is 1. The number of rotatable bonds is 6. The van der Waals surface area contributed by atoms with Crippen molar-refractivity contribution in [3.05, 3.63) is 0 Å². The van der Waals surface area contributed by atoms with Crippen LogP contribution < -0.4 is 10.6 Å². The van der Waals surface area contributed by atoms with Crippen LogP contribution in [0.1, 0.15) is 26.7 Å². The van der Waals surface area contributed by atoms with E-state index in [1.807, 2.05) is 6.92 Å². The van der Waals surface area contributed by atoms with E-state index in [0.717, 1.165) is 6.42 Å². The second kappa shape index (κ2) is 6.34. The summed E-state index contributed by atoms with van der Waals surface area (Å²) in [5.74, 6) is -0.373. The lowest BCUT2D eigenvalue weighted by molar-refractivity contribution is -0.138. The van der Waals surface area contributed by atoms with Crippen molar-refractivity contribution >= 4 is 17.7 Å². The van der Waals surface area contributed by atoms with Crippen molar-refractivity contribution in [1.29, 1.82) is 0 Å². The molecule has 1 rings (SSSR count). The zero-order valence-electron chi connectivity index (χ0n) is 10.3. The summed E-state index contributed by atoms with van der Waals surface area (Å²) in [6.45, 7) is 4.80. The molecule has 6 nitrogen and oxygen atoms in total. The Morgan fingerprint density at radius 3 is 2.71 bits per heavy atom. The molecule has 17 heavy (non-hydrogen) atoms. The van der Waals surface area contributed by atoms with E-state index in [9.17, 15) is 14.4 Å². The molecule has 1 aliphatic rings. The van der Waals surface area contributed by atoms with E-state index < -0.39 is 6.04 Å². The topological polar surface area (TPSA) is 78.5 Å². The fourth-order valence-electron chi connectivity index (χ4n) is 1.79. The number of carbonyl (C=O) groups is 3. The third kappa shape index (κ3) is 3.81. The lowest BCUT2D eigenvalue weighted by atomic mass is 10.2. The molecule has 1 atom stereocenters. The highest BCUT2D eigenvalue weighted by Gasteiger charge is 2.37. The van der Waals surface area contributed by atoms with Crippen LogP contribution in [0.4, 0.5) is 0 Å².